The van der Waals surface area contributed by atoms with Gasteiger partial charge < -0.3 is 14.5 Å². The smallest absolute Gasteiger partial charge is 0.225 e. The van der Waals surface area contributed by atoms with Crippen LogP contribution in [0.3, 0.4) is 0 Å². The summed E-state index contributed by atoms with van der Waals surface area (Å²) in [5, 5.41) is 0. The van der Waals surface area contributed by atoms with Gasteiger partial charge in [0, 0.05) is 32.7 Å². The average molecular weight is 240 g/mol. The van der Waals surface area contributed by atoms with Crippen LogP contribution in [0.15, 0.2) is 0 Å². The molecule has 1 amide bonds. The predicted octanol–water partition coefficient (Wildman–Crippen LogP) is 0.823. The summed E-state index contributed by atoms with van der Waals surface area (Å²) in [5.74, 6) is 1.39. The number of methoxy groups -OCH3 is 1. The van der Waals surface area contributed by atoms with Gasteiger partial charge in [-0.3, -0.25) is 4.79 Å². The fourth-order valence-electron chi connectivity index (χ4n) is 2.76. The van der Waals surface area contributed by atoms with E-state index in [0.717, 1.165) is 52.2 Å². The maximum absolute atomic E-state index is 12.1. The van der Waals surface area contributed by atoms with Gasteiger partial charge in [-0.05, 0) is 31.8 Å². The van der Waals surface area contributed by atoms with E-state index in [0.29, 0.717) is 11.8 Å². The first-order valence-corrected chi connectivity index (χ1v) is 6.70. The first-order chi connectivity index (χ1) is 8.20. The Bertz CT molecular complexity index is 256. The number of hydrogen-bond acceptors (Lipinski definition) is 3. The molecule has 0 atom stereocenters. The second-order valence-electron chi connectivity index (χ2n) is 5.46. The van der Waals surface area contributed by atoms with Gasteiger partial charge in [-0.25, -0.2) is 0 Å². The van der Waals surface area contributed by atoms with Crippen LogP contribution in [0.5, 0.6) is 0 Å². The van der Waals surface area contributed by atoms with Gasteiger partial charge in [0.1, 0.15) is 0 Å². The summed E-state index contributed by atoms with van der Waals surface area (Å²) in [6.45, 7) is 8.04. The Balaban J connectivity index is 1.69. The molecule has 0 unspecified atom stereocenters. The molecule has 0 aromatic carbocycles. The van der Waals surface area contributed by atoms with Crippen molar-refractivity contribution in [2.24, 2.45) is 11.8 Å². The average Bonchev–Trinajstić information content (AvgIpc) is 2.32. The van der Waals surface area contributed by atoms with Crippen LogP contribution in [-0.2, 0) is 9.53 Å². The third-order valence-corrected chi connectivity index (χ3v) is 3.92. The number of hydrogen-bond donors (Lipinski definition) is 0. The number of nitrogens with zero attached hydrogens (tertiary/aromatic N) is 2. The van der Waals surface area contributed by atoms with Crippen molar-refractivity contribution < 1.29 is 9.53 Å². The van der Waals surface area contributed by atoms with Crippen LogP contribution in [-0.4, -0.2) is 62.1 Å². The molecule has 2 aliphatic rings. The number of carbonyl (C=O) groups is 1. The molecule has 0 aromatic rings. The first-order valence-electron chi connectivity index (χ1n) is 6.70. The van der Waals surface area contributed by atoms with E-state index in [4.69, 9.17) is 4.74 Å². The molecule has 0 aliphatic carbocycles. The van der Waals surface area contributed by atoms with Crippen molar-refractivity contribution in [2.45, 2.75) is 19.8 Å². The van der Waals surface area contributed by atoms with Crippen LogP contribution in [0.2, 0.25) is 0 Å². The van der Waals surface area contributed by atoms with Crippen LogP contribution in [0, 0.1) is 11.8 Å². The highest BCUT2D eigenvalue weighted by Gasteiger charge is 2.33. The van der Waals surface area contributed by atoms with E-state index in [9.17, 15) is 4.79 Å². The highest BCUT2D eigenvalue weighted by Crippen LogP contribution is 2.24. The lowest BCUT2D eigenvalue weighted by atomic mass is 9.92. The molecule has 4 heteroatoms. The number of carbonyl (C=O) groups excluding carboxylic acids is 1. The molecule has 0 bridgehead atoms. The number of rotatable bonds is 4. The van der Waals surface area contributed by atoms with Gasteiger partial charge in [0.15, 0.2) is 0 Å². The topological polar surface area (TPSA) is 32.8 Å². The highest BCUT2D eigenvalue weighted by atomic mass is 16.5. The molecular formula is C13H24N2O2. The number of ether oxygens (including phenoxy) is 1. The minimum atomic E-state index is 0.279. The Morgan fingerprint density at radius 1 is 1.29 bits per heavy atom. The molecule has 98 valence electrons. The molecule has 0 radical (unpaired) electrons. The third kappa shape index (κ3) is 3.19. The summed E-state index contributed by atoms with van der Waals surface area (Å²) in [7, 11) is 1.74. The Morgan fingerprint density at radius 3 is 2.47 bits per heavy atom. The molecule has 4 nitrogen and oxygen atoms in total. The van der Waals surface area contributed by atoms with Gasteiger partial charge in [0.05, 0.1) is 6.61 Å². The van der Waals surface area contributed by atoms with Crippen molar-refractivity contribution in [3.63, 3.8) is 0 Å². The molecule has 2 heterocycles. The number of likely N-dealkylation sites (tertiary alicyclic amines) is 2. The van der Waals surface area contributed by atoms with E-state index in [-0.39, 0.29) is 5.92 Å². The molecule has 0 aromatic heterocycles. The summed E-state index contributed by atoms with van der Waals surface area (Å²) in [4.78, 5) is 16.6. The lowest BCUT2D eigenvalue weighted by Crippen LogP contribution is -2.52. The van der Waals surface area contributed by atoms with Crippen molar-refractivity contribution >= 4 is 5.91 Å². The zero-order chi connectivity index (χ0) is 12.3. The first kappa shape index (κ1) is 12.8. The SMILES string of the molecule is COCCN1CCC(C(=O)N2CC(C)C2)CC1. The summed E-state index contributed by atoms with van der Waals surface area (Å²) in [5.41, 5.74) is 0. The van der Waals surface area contributed by atoms with Crippen molar-refractivity contribution in [1.29, 1.82) is 0 Å². The fraction of sp³-hybridized carbons (Fsp3) is 0.923. The molecule has 0 spiro atoms. The summed E-state index contributed by atoms with van der Waals surface area (Å²) in [6.07, 6.45) is 2.04. The van der Waals surface area contributed by atoms with Crippen LogP contribution in [0.4, 0.5) is 0 Å². The standard InChI is InChI=1S/C13H24N2O2/c1-11-9-15(10-11)13(16)12-3-5-14(6-4-12)7-8-17-2/h11-12H,3-10H2,1-2H3. The predicted molar refractivity (Wildman–Crippen MR) is 66.8 cm³/mol. The molecule has 2 aliphatic heterocycles. The Kier molecular flexibility index (Phi) is 4.40. The zero-order valence-electron chi connectivity index (χ0n) is 11.0. The minimum absolute atomic E-state index is 0.279. The number of piperidine rings is 1. The largest absolute Gasteiger partial charge is 0.383 e. The van der Waals surface area contributed by atoms with Crippen LogP contribution in [0.1, 0.15) is 19.8 Å². The molecule has 0 N–H and O–H groups in total. The molecule has 2 saturated heterocycles. The lowest BCUT2D eigenvalue weighted by molar-refractivity contribution is -0.143. The van der Waals surface area contributed by atoms with E-state index in [1.54, 1.807) is 7.11 Å². The molecular weight excluding hydrogens is 216 g/mol. The van der Waals surface area contributed by atoms with E-state index in [1.165, 1.54) is 0 Å². The zero-order valence-corrected chi connectivity index (χ0v) is 11.0. The van der Waals surface area contributed by atoms with Gasteiger partial charge in [-0.15, -0.1) is 0 Å². The molecule has 0 saturated carbocycles. The van der Waals surface area contributed by atoms with Gasteiger partial charge in [-0.1, -0.05) is 6.92 Å². The third-order valence-electron chi connectivity index (χ3n) is 3.92. The van der Waals surface area contributed by atoms with Crippen molar-refractivity contribution in [1.82, 2.24) is 9.80 Å². The molecule has 2 rings (SSSR count). The minimum Gasteiger partial charge on any atom is -0.383 e. The van der Waals surface area contributed by atoms with E-state index >= 15 is 0 Å². The fourth-order valence-corrected chi connectivity index (χ4v) is 2.76. The van der Waals surface area contributed by atoms with Crippen molar-refractivity contribution in [3.8, 4) is 0 Å². The maximum atomic E-state index is 12.1. The number of amides is 1. The van der Waals surface area contributed by atoms with Crippen molar-refractivity contribution in [3.05, 3.63) is 0 Å². The van der Waals surface area contributed by atoms with E-state index in [1.807, 2.05) is 4.90 Å². The Hall–Kier alpha value is -0.610. The molecule has 2 fully saturated rings. The lowest BCUT2D eigenvalue weighted by Gasteiger charge is -2.41. The Labute approximate surface area is 104 Å². The van der Waals surface area contributed by atoms with E-state index in [2.05, 4.69) is 11.8 Å². The maximum Gasteiger partial charge on any atom is 0.225 e. The van der Waals surface area contributed by atoms with Crippen LogP contribution in [0.25, 0.3) is 0 Å². The van der Waals surface area contributed by atoms with Gasteiger partial charge in [-0.2, -0.15) is 0 Å². The highest BCUT2D eigenvalue weighted by molar-refractivity contribution is 5.79. The second kappa shape index (κ2) is 5.83. The summed E-state index contributed by atoms with van der Waals surface area (Å²) in [6, 6.07) is 0. The van der Waals surface area contributed by atoms with Gasteiger partial charge in [0.25, 0.3) is 0 Å². The van der Waals surface area contributed by atoms with Crippen molar-refractivity contribution in [2.75, 3.05) is 46.4 Å². The van der Waals surface area contributed by atoms with Gasteiger partial charge >= 0.3 is 0 Å². The Morgan fingerprint density at radius 2 is 1.94 bits per heavy atom. The second-order valence-corrected chi connectivity index (χ2v) is 5.46. The molecule has 17 heavy (non-hydrogen) atoms. The van der Waals surface area contributed by atoms with Crippen LogP contribution < -0.4 is 0 Å². The normalized spacial score (nSPS) is 23.8. The summed E-state index contributed by atoms with van der Waals surface area (Å²) >= 11 is 0. The summed E-state index contributed by atoms with van der Waals surface area (Å²) < 4.78 is 5.08. The van der Waals surface area contributed by atoms with E-state index < -0.39 is 0 Å². The van der Waals surface area contributed by atoms with Gasteiger partial charge in [0.2, 0.25) is 5.91 Å². The quantitative estimate of drug-likeness (QED) is 0.729. The monoisotopic (exact) mass is 240 g/mol. The van der Waals surface area contributed by atoms with Crippen LogP contribution >= 0.6 is 0 Å².